The summed E-state index contributed by atoms with van der Waals surface area (Å²) < 4.78 is 0. The smallest absolute Gasteiger partial charge is 0.152 e. The molecule has 0 spiro atoms. The molecule has 0 fully saturated rings. The molecular formula is C20H26N6. The fraction of sp³-hybridized carbons (Fsp3) is 0.350. The molecule has 2 N–H and O–H groups in total. The number of aromatic amines is 1. The number of rotatable bonds is 8. The number of nitrogens with one attached hydrogen (secondary N) is 2. The van der Waals surface area contributed by atoms with Gasteiger partial charge in [-0.2, -0.15) is 5.10 Å². The first-order chi connectivity index (χ1) is 12.7. The maximum atomic E-state index is 4.59. The topological polar surface area (TPSA) is 69.2 Å². The molecule has 0 aliphatic rings. The van der Waals surface area contributed by atoms with Crippen LogP contribution < -0.4 is 10.3 Å². The van der Waals surface area contributed by atoms with Gasteiger partial charge in [-0.3, -0.25) is 5.43 Å². The van der Waals surface area contributed by atoms with Crippen LogP contribution in [-0.4, -0.2) is 34.3 Å². The molecule has 0 saturated heterocycles. The van der Waals surface area contributed by atoms with Crippen molar-refractivity contribution in [3.63, 3.8) is 0 Å². The summed E-state index contributed by atoms with van der Waals surface area (Å²) in [5, 5.41) is 5.51. The first kappa shape index (κ1) is 17.9. The van der Waals surface area contributed by atoms with Crippen LogP contribution in [0.4, 0.5) is 11.6 Å². The van der Waals surface area contributed by atoms with E-state index in [1.807, 2.05) is 37.5 Å². The molecule has 136 valence electrons. The van der Waals surface area contributed by atoms with Crippen LogP contribution in [0.1, 0.15) is 38.1 Å². The van der Waals surface area contributed by atoms with Crippen LogP contribution in [0.5, 0.6) is 0 Å². The third-order valence-electron chi connectivity index (χ3n) is 4.14. The van der Waals surface area contributed by atoms with E-state index in [2.05, 4.69) is 56.4 Å². The highest BCUT2D eigenvalue weighted by atomic mass is 15.3. The van der Waals surface area contributed by atoms with Gasteiger partial charge in [0.1, 0.15) is 11.6 Å². The zero-order chi connectivity index (χ0) is 18.4. The van der Waals surface area contributed by atoms with Gasteiger partial charge in [0, 0.05) is 41.8 Å². The number of aromatic nitrogens is 3. The lowest BCUT2D eigenvalue weighted by Gasteiger charge is -2.23. The average molecular weight is 350 g/mol. The lowest BCUT2D eigenvalue weighted by Crippen LogP contribution is -2.26. The van der Waals surface area contributed by atoms with Crippen LogP contribution in [-0.2, 0) is 0 Å². The minimum atomic E-state index is 0.709. The van der Waals surface area contributed by atoms with Gasteiger partial charge >= 0.3 is 0 Å². The molecule has 0 aliphatic heterocycles. The minimum Gasteiger partial charge on any atom is -0.361 e. The number of benzene rings is 1. The third kappa shape index (κ3) is 4.20. The summed E-state index contributed by atoms with van der Waals surface area (Å²) in [7, 11) is 0. The standard InChI is InChI=1S/C20H26N6/c1-4-10-26(11-5-2)20-12-19(23-15(3)24-20)25-22-14-16-13-21-18-9-7-6-8-17(16)18/h6-9,12-14,21H,4-5,10-11H2,1-3H3,(H,23,24,25)/b22-14+. The molecule has 0 amide bonds. The number of fused-ring (bicyclic) bond motifs is 1. The Bertz CT molecular complexity index is 877. The second-order valence-electron chi connectivity index (χ2n) is 6.31. The van der Waals surface area contributed by atoms with E-state index in [0.717, 1.165) is 54.0 Å². The molecule has 0 bridgehead atoms. The molecule has 2 aromatic heterocycles. The summed E-state index contributed by atoms with van der Waals surface area (Å²) in [4.78, 5) is 14.6. The van der Waals surface area contributed by atoms with Gasteiger partial charge in [0.2, 0.25) is 0 Å². The van der Waals surface area contributed by atoms with Crippen LogP contribution in [0.15, 0.2) is 41.6 Å². The molecule has 0 saturated carbocycles. The second kappa shape index (κ2) is 8.47. The Morgan fingerprint density at radius 2 is 1.92 bits per heavy atom. The molecule has 2 heterocycles. The number of aryl methyl sites for hydroxylation is 1. The van der Waals surface area contributed by atoms with Crippen LogP contribution >= 0.6 is 0 Å². The van der Waals surface area contributed by atoms with Gasteiger partial charge in [0.15, 0.2) is 5.82 Å². The van der Waals surface area contributed by atoms with E-state index in [0.29, 0.717) is 5.82 Å². The summed E-state index contributed by atoms with van der Waals surface area (Å²) in [6.45, 7) is 8.25. The molecule has 6 heteroatoms. The largest absolute Gasteiger partial charge is 0.361 e. The highest BCUT2D eigenvalue weighted by Gasteiger charge is 2.09. The Hall–Kier alpha value is -2.89. The van der Waals surface area contributed by atoms with Crippen molar-refractivity contribution in [3.8, 4) is 0 Å². The summed E-state index contributed by atoms with van der Waals surface area (Å²) in [5.41, 5.74) is 5.19. The van der Waals surface area contributed by atoms with E-state index >= 15 is 0 Å². The van der Waals surface area contributed by atoms with E-state index in [4.69, 9.17) is 0 Å². The van der Waals surface area contributed by atoms with E-state index in [1.54, 1.807) is 0 Å². The molecule has 26 heavy (non-hydrogen) atoms. The molecule has 0 aliphatic carbocycles. The number of hydrazone groups is 1. The SMILES string of the molecule is CCCN(CCC)c1cc(N/N=C/c2c[nH]c3ccccc23)nc(C)n1. The number of nitrogens with zero attached hydrogens (tertiary/aromatic N) is 4. The maximum absolute atomic E-state index is 4.59. The number of hydrogen-bond donors (Lipinski definition) is 2. The van der Waals surface area contributed by atoms with Gasteiger partial charge < -0.3 is 9.88 Å². The second-order valence-corrected chi connectivity index (χ2v) is 6.31. The van der Waals surface area contributed by atoms with Crippen molar-refractivity contribution in [1.82, 2.24) is 15.0 Å². The summed E-state index contributed by atoms with van der Waals surface area (Å²) >= 11 is 0. The van der Waals surface area contributed by atoms with Gasteiger partial charge in [0.25, 0.3) is 0 Å². The summed E-state index contributed by atoms with van der Waals surface area (Å²) in [6, 6.07) is 10.1. The van der Waals surface area contributed by atoms with Crippen LogP contribution in [0.25, 0.3) is 10.9 Å². The maximum Gasteiger partial charge on any atom is 0.152 e. The van der Waals surface area contributed by atoms with Crippen molar-refractivity contribution in [1.29, 1.82) is 0 Å². The number of anilines is 2. The Morgan fingerprint density at radius 3 is 2.69 bits per heavy atom. The quantitative estimate of drug-likeness (QED) is 0.468. The van der Waals surface area contributed by atoms with Crippen molar-refractivity contribution < 1.29 is 0 Å². The molecule has 6 nitrogen and oxygen atoms in total. The van der Waals surface area contributed by atoms with E-state index in [9.17, 15) is 0 Å². The van der Waals surface area contributed by atoms with Crippen LogP contribution in [0, 0.1) is 6.92 Å². The monoisotopic (exact) mass is 350 g/mol. The lowest BCUT2D eigenvalue weighted by atomic mass is 10.2. The predicted molar refractivity (Wildman–Crippen MR) is 109 cm³/mol. The number of hydrogen-bond acceptors (Lipinski definition) is 5. The van der Waals surface area contributed by atoms with E-state index in [1.165, 1.54) is 0 Å². The van der Waals surface area contributed by atoms with Gasteiger partial charge in [-0.25, -0.2) is 9.97 Å². The zero-order valence-electron chi connectivity index (χ0n) is 15.7. The molecule has 3 aromatic rings. The normalized spacial score (nSPS) is 11.3. The molecule has 0 radical (unpaired) electrons. The van der Waals surface area contributed by atoms with Gasteiger partial charge in [0.05, 0.1) is 6.21 Å². The van der Waals surface area contributed by atoms with Crippen molar-refractivity contribution in [3.05, 3.63) is 47.9 Å². The highest BCUT2D eigenvalue weighted by Crippen LogP contribution is 2.18. The number of H-pyrrole nitrogens is 1. The van der Waals surface area contributed by atoms with Crippen molar-refractivity contribution >= 4 is 28.8 Å². The zero-order valence-corrected chi connectivity index (χ0v) is 15.7. The lowest BCUT2D eigenvalue weighted by molar-refractivity contribution is 0.730. The summed E-state index contributed by atoms with van der Waals surface area (Å²) in [5.74, 6) is 2.40. The highest BCUT2D eigenvalue weighted by molar-refractivity contribution is 5.99. The first-order valence-corrected chi connectivity index (χ1v) is 9.17. The van der Waals surface area contributed by atoms with Gasteiger partial charge in [-0.1, -0.05) is 32.0 Å². The minimum absolute atomic E-state index is 0.709. The molecular weight excluding hydrogens is 324 g/mol. The fourth-order valence-electron chi connectivity index (χ4n) is 3.02. The van der Waals surface area contributed by atoms with Gasteiger partial charge in [-0.15, -0.1) is 0 Å². The van der Waals surface area contributed by atoms with Crippen molar-refractivity contribution in [2.75, 3.05) is 23.4 Å². The molecule has 0 unspecified atom stereocenters. The van der Waals surface area contributed by atoms with E-state index < -0.39 is 0 Å². The average Bonchev–Trinajstić information content (AvgIpc) is 3.04. The van der Waals surface area contributed by atoms with Crippen molar-refractivity contribution in [2.45, 2.75) is 33.6 Å². The van der Waals surface area contributed by atoms with E-state index in [-0.39, 0.29) is 0 Å². The first-order valence-electron chi connectivity index (χ1n) is 9.17. The molecule has 0 atom stereocenters. The third-order valence-corrected chi connectivity index (χ3v) is 4.14. The predicted octanol–water partition coefficient (Wildman–Crippen LogP) is 4.34. The van der Waals surface area contributed by atoms with Crippen LogP contribution in [0.3, 0.4) is 0 Å². The Balaban J connectivity index is 1.77. The molecule has 1 aromatic carbocycles. The van der Waals surface area contributed by atoms with Crippen LogP contribution in [0.2, 0.25) is 0 Å². The summed E-state index contributed by atoms with van der Waals surface area (Å²) in [6.07, 6.45) is 5.94. The number of para-hydroxylation sites is 1. The Labute approximate surface area is 154 Å². The Morgan fingerprint density at radius 1 is 1.15 bits per heavy atom. The van der Waals surface area contributed by atoms with Crippen molar-refractivity contribution in [2.24, 2.45) is 5.10 Å². The molecule has 3 rings (SSSR count). The van der Waals surface area contributed by atoms with Gasteiger partial charge in [-0.05, 0) is 25.8 Å². The Kier molecular flexibility index (Phi) is 5.84. The fourth-order valence-corrected chi connectivity index (χ4v) is 3.02.